The van der Waals surface area contributed by atoms with Crippen LogP contribution in [-0.4, -0.2) is 30.5 Å². The summed E-state index contributed by atoms with van der Waals surface area (Å²) in [6, 6.07) is 10.8. The Morgan fingerprint density at radius 1 is 1.33 bits per heavy atom. The van der Waals surface area contributed by atoms with Gasteiger partial charge in [-0.3, -0.25) is 4.79 Å². The first-order valence-electron chi connectivity index (χ1n) is 6.92. The van der Waals surface area contributed by atoms with Crippen molar-refractivity contribution in [1.29, 1.82) is 0 Å². The molecular weight excluding hydrogens is 290 g/mol. The van der Waals surface area contributed by atoms with Gasteiger partial charge < -0.3 is 14.1 Å². The Morgan fingerprint density at radius 2 is 2.14 bits per heavy atom. The van der Waals surface area contributed by atoms with Gasteiger partial charge in [-0.15, -0.1) is 0 Å². The summed E-state index contributed by atoms with van der Waals surface area (Å²) in [5.41, 5.74) is 0. The first-order chi connectivity index (χ1) is 10.2. The fourth-order valence-electron chi connectivity index (χ4n) is 2.51. The maximum Gasteiger partial charge on any atom is 0.260 e. The van der Waals surface area contributed by atoms with Crippen LogP contribution in [0.4, 0.5) is 0 Å². The molecule has 1 saturated heterocycles. The van der Waals surface area contributed by atoms with E-state index in [0.29, 0.717) is 23.2 Å². The van der Waals surface area contributed by atoms with Crippen LogP contribution in [0, 0.1) is 0 Å². The van der Waals surface area contributed by atoms with Gasteiger partial charge in [-0.2, -0.15) is 0 Å². The molecule has 21 heavy (non-hydrogen) atoms. The van der Waals surface area contributed by atoms with Gasteiger partial charge in [0.05, 0.1) is 6.26 Å². The Kier molecular flexibility index (Phi) is 4.15. The van der Waals surface area contributed by atoms with Crippen molar-refractivity contribution < 1.29 is 13.9 Å². The van der Waals surface area contributed by atoms with Gasteiger partial charge in [0, 0.05) is 24.0 Å². The van der Waals surface area contributed by atoms with E-state index in [-0.39, 0.29) is 12.5 Å². The second-order valence-electron chi connectivity index (χ2n) is 5.08. The second kappa shape index (κ2) is 6.22. The summed E-state index contributed by atoms with van der Waals surface area (Å²) in [6.07, 6.45) is 2.60. The number of amides is 1. The van der Waals surface area contributed by atoms with Crippen molar-refractivity contribution in [3.63, 3.8) is 0 Å². The Labute approximate surface area is 128 Å². The topological polar surface area (TPSA) is 42.7 Å². The van der Waals surface area contributed by atoms with E-state index in [4.69, 9.17) is 20.8 Å². The van der Waals surface area contributed by atoms with Crippen molar-refractivity contribution in [3.05, 3.63) is 53.4 Å². The van der Waals surface area contributed by atoms with Gasteiger partial charge in [0.25, 0.3) is 5.91 Å². The zero-order valence-corrected chi connectivity index (χ0v) is 12.3. The zero-order valence-electron chi connectivity index (χ0n) is 11.5. The molecule has 5 heteroatoms. The molecule has 0 aliphatic carbocycles. The number of nitrogens with zero attached hydrogens (tertiary/aromatic N) is 1. The SMILES string of the molecule is O=C(COc1ccc(Cl)cc1)N1CCC(c2ccco2)C1. The van der Waals surface area contributed by atoms with Crippen LogP contribution in [0.25, 0.3) is 0 Å². The van der Waals surface area contributed by atoms with Crippen LogP contribution in [0.2, 0.25) is 5.02 Å². The van der Waals surface area contributed by atoms with E-state index >= 15 is 0 Å². The highest BCUT2D eigenvalue weighted by molar-refractivity contribution is 6.30. The van der Waals surface area contributed by atoms with Gasteiger partial charge >= 0.3 is 0 Å². The van der Waals surface area contributed by atoms with Gasteiger partial charge in [-0.05, 0) is 42.8 Å². The van der Waals surface area contributed by atoms with Crippen LogP contribution >= 0.6 is 11.6 Å². The molecule has 0 saturated carbocycles. The minimum atomic E-state index is -0.000920. The highest BCUT2D eigenvalue weighted by atomic mass is 35.5. The maximum absolute atomic E-state index is 12.1. The van der Waals surface area contributed by atoms with Crippen molar-refractivity contribution in [3.8, 4) is 5.75 Å². The zero-order chi connectivity index (χ0) is 14.7. The molecule has 3 rings (SSSR count). The number of benzene rings is 1. The molecule has 0 N–H and O–H groups in total. The molecule has 1 aromatic carbocycles. The molecule has 1 atom stereocenters. The van der Waals surface area contributed by atoms with Crippen molar-refractivity contribution in [2.45, 2.75) is 12.3 Å². The lowest BCUT2D eigenvalue weighted by Crippen LogP contribution is -2.32. The van der Waals surface area contributed by atoms with E-state index in [1.54, 1.807) is 30.5 Å². The molecular formula is C16H16ClNO3. The van der Waals surface area contributed by atoms with Crippen molar-refractivity contribution >= 4 is 17.5 Å². The quantitative estimate of drug-likeness (QED) is 0.870. The van der Waals surface area contributed by atoms with Crippen LogP contribution in [0.5, 0.6) is 5.75 Å². The molecule has 0 radical (unpaired) electrons. The Hall–Kier alpha value is -1.94. The van der Waals surface area contributed by atoms with Gasteiger partial charge in [0.1, 0.15) is 11.5 Å². The molecule has 1 fully saturated rings. The molecule has 2 heterocycles. The van der Waals surface area contributed by atoms with Crippen LogP contribution in [0.3, 0.4) is 0 Å². The fraction of sp³-hybridized carbons (Fsp3) is 0.312. The van der Waals surface area contributed by atoms with Crippen LogP contribution in [0.1, 0.15) is 18.1 Å². The number of likely N-dealkylation sites (tertiary alicyclic amines) is 1. The monoisotopic (exact) mass is 305 g/mol. The third kappa shape index (κ3) is 3.39. The van der Waals surface area contributed by atoms with E-state index in [1.807, 2.05) is 17.0 Å². The number of ether oxygens (including phenoxy) is 1. The molecule has 0 spiro atoms. The summed E-state index contributed by atoms with van der Waals surface area (Å²) in [5, 5.41) is 0.648. The molecule has 0 bridgehead atoms. The number of carbonyl (C=O) groups is 1. The molecule has 1 aliphatic rings. The molecule has 1 amide bonds. The first-order valence-corrected chi connectivity index (χ1v) is 7.30. The maximum atomic E-state index is 12.1. The van der Waals surface area contributed by atoms with E-state index < -0.39 is 0 Å². The van der Waals surface area contributed by atoms with Gasteiger partial charge in [-0.1, -0.05) is 11.6 Å². The highest BCUT2D eigenvalue weighted by Crippen LogP contribution is 2.27. The predicted octanol–water partition coefficient (Wildman–Crippen LogP) is 3.33. The molecule has 2 aromatic rings. The Bertz CT molecular complexity index is 594. The van der Waals surface area contributed by atoms with E-state index in [1.165, 1.54) is 0 Å². The van der Waals surface area contributed by atoms with E-state index in [9.17, 15) is 4.79 Å². The third-order valence-corrected chi connectivity index (χ3v) is 3.91. The van der Waals surface area contributed by atoms with Crippen molar-refractivity contribution in [1.82, 2.24) is 4.90 Å². The summed E-state index contributed by atoms with van der Waals surface area (Å²) >= 11 is 5.80. The second-order valence-corrected chi connectivity index (χ2v) is 5.52. The fourth-order valence-corrected chi connectivity index (χ4v) is 2.64. The Balaban J connectivity index is 1.51. The largest absolute Gasteiger partial charge is 0.484 e. The van der Waals surface area contributed by atoms with Crippen LogP contribution in [-0.2, 0) is 4.79 Å². The molecule has 1 aromatic heterocycles. The average molecular weight is 306 g/mol. The molecule has 110 valence electrons. The average Bonchev–Trinajstić information content (AvgIpc) is 3.17. The first kappa shape index (κ1) is 14.0. The van der Waals surface area contributed by atoms with Crippen molar-refractivity contribution in [2.24, 2.45) is 0 Å². The van der Waals surface area contributed by atoms with Gasteiger partial charge in [-0.25, -0.2) is 0 Å². The lowest BCUT2D eigenvalue weighted by molar-refractivity contribution is -0.132. The number of hydrogen-bond acceptors (Lipinski definition) is 3. The van der Waals surface area contributed by atoms with Crippen LogP contribution in [0.15, 0.2) is 47.1 Å². The van der Waals surface area contributed by atoms with Gasteiger partial charge in [0.2, 0.25) is 0 Å². The Morgan fingerprint density at radius 3 is 2.86 bits per heavy atom. The number of furan rings is 1. The summed E-state index contributed by atoms with van der Waals surface area (Å²) in [5.74, 6) is 1.89. The highest BCUT2D eigenvalue weighted by Gasteiger charge is 2.28. The predicted molar refractivity (Wildman–Crippen MR) is 79.6 cm³/mol. The molecule has 1 aliphatic heterocycles. The minimum absolute atomic E-state index is 0.000920. The third-order valence-electron chi connectivity index (χ3n) is 3.66. The summed E-state index contributed by atoms with van der Waals surface area (Å²) in [6.45, 7) is 1.48. The van der Waals surface area contributed by atoms with E-state index in [2.05, 4.69) is 0 Å². The molecule has 4 nitrogen and oxygen atoms in total. The number of hydrogen-bond donors (Lipinski definition) is 0. The standard InChI is InChI=1S/C16H16ClNO3/c17-13-3-5-14(6-4-13)21-11-16(19)18-8-7-12(10-18)15-2-1-9-20-15/h1-6,9,12H,7-8,10-11H2. The summed E-state index contributed by atoms with van der Waals surface area (Å²) in [4.78, 5) is 14.0. The lowest BCUT2D eigenvalue weighted by Gasteiger charge is -2.16. The van der Waals surface area contributed by atoms with E-state index in [0.717, 1.165) is 18.7 Å². The summed E-state index contributed by atoms with van der Waals surface area (Å²) in [7, 11) is 0. The number of rotatable bonds is 4. The number of carbonyl (C=O) groups excluding carboxylic acids is 1. The van der Waals surface area contributed by atoms with Crippen LogP contribution < -0.4 is 4.74 Å². The molecule has 1 unspecified atom stereocenters. The lowest BCUT2D eigenvalue weighted by atomic mass is 10.1. The van der Waals surface area contributed by atoms with Crippen molar-refractivity contribution in [2.75, 3.05) is 19.7 Å². The summed E-state index contributed by atoms with van der Waals surface area (Å²) < 4.78 is 10.9. The normalized spacial score (nSPS) is 18.0. The number of halogens is 1. The minimum Gasteiger partial charge on any atom is -0.484 e. The smallest absolute Gasteiger partial charge is 0.260 e. The van der Waals surface area contributed by atoms with Gasteiger partial charge in [0.15, 0.2) is 6.61 Å².